The van der Waals surface area contributed by atoms with Crippen molar-refractivity contribution in [1.82, 2.24) is 10.2 Å². The van der Waals surface area contributed by atoms with Gasteiger partial charge >= 0.3 is 0 Å². The molecule has 3 rings (SSSR count). The number of nitrogens with one attached hydrogen (secondary N) is 1. The number of nitrogens with zero attached hydrogens (tertiary/aromatic N) is 2. The minimum Gasteiger partial charge on any atom is -0.351 e. The van der Waals surface area contributed by atoms with E-state index in [4.69, 9.17) is 0 Å². The zero-order valence-corrected chi connectivity index (χ0v) is 15.9. The maximum absolute atomic E-state index is 12.2. The lowest BCUT2D eigenvalue weighted by atomic mass is 10.1. The molecule has 7 heteroatoms. The van der Waals surface area contributed by atoms with Gasteiger partial charge in [0.1, 0.15) is 0 Å². The lowest BCUT2D eigenvalue weighted by molar-refractivity contribution is -0.387. The molecule has 2 aromatic carbocycles. The van der Waals surface area contributed by atoms with Crippen molar-refractivity contribution in [2.75, 3.05) is 18.8 Å². The van der Waals surface area contributed by atoms with Crippen LogP contribution in [0, 0.1) is 10.1 Å². The molecular weight excluding hydrogens is 362 g/mol. The summed E-state index contributed by atoms with van der Waals surface area (Å²) in [6, 6.07) is 14.7. The Kier molecular flexibility index (Phi) is 6.84. The summed E-state index contributed by atoms with van der Waals surface area (Å²) in [4.78, 5) is 25.8. The number of carbonyl (C=O) groups excluding carboxylic acids is 1. The summed E-state index contributed by atoms with van der Waals surface area (Å²) >= 11 is 1.19. The van der Waals surface area contributed by atoms with Crippen molar-refractivity contribution in [1.29, 1.82) is 0 Å². The molecule has 0 aromatic heterocycles. The van der Waals surface area contributed by atoms with E-state index in [0.29, 0.717) is 11.4 Å². The summed E-state index contributed by atoms with van der Waals surface area (Å²) < 4.78 is 0. The summed E-state index contributed by atoms with van der Waals surface area (Å²) in [7, 11) is 0. The number of amides is 1. The number of benzene rings is 2. The third-order valence-electron chi connectivity index (χ3n) is 4.61. The Morgan fingerprint density at radius 2 is 1.74 bits per heavy atom. The lowest BCUT2D eigenvalue weighted by Gasteiger charge is -2.17. The minimum absolute atomic E-state index is 0.0336. The molecule has 1 amide bonds. The second-order valence-electron chi connectivity index (χ2n) is 6.54. The van der Waals surface area contributed by atoms with Crippen molar-refractivity contribution in [3.63, 3.8) is 0 Å². The van der Waals surface area contributed by atoms with Crippen LogP contribution in [-0.4, -0.2) is 34.6 Å². The Hall–Kier alpha value is -2.38. The molecule has 1 N–H and O–H groups in total. The fourth-order valence-corrected chi connectivity index (χ4v) is 4.04. The van der Waals surface area contributed by atoms with Crippen LogP contribution >= 0.6 is 11.8 Å². The Balaban J connectivity index is 1.53. The van der Waals surface area contributed by atoms with Crippen molar-refractivity contribution in [3.8, 4) is 0 Å². The number of nitro benzene ring substituents is 1. The van der Waals surface area contributed by atoms with Crippen LogP contribution in [0.25, 0.3) is 0 Å². The lowest BCUT2D eigenvalue weighted by Crippen LogP contribution is -2.26. The largest absolute Gasteiger partial charge is 0.351 e. The predicted molar refractivity (Wildman–Crippen MR) is 107 cm³/mol. The highest BCUT2D eigenvalue weighted by atomic mass is 32.2. The average Bonchev–Trinajstić information content (AvgIpc) is 3.19. The summed E-state index contributed by atoms with van der Waals surface area (Å²) in [6.45, 7) is 3.65. The monoisotopic (exact) mass is 385 g/mol. The van der Waals surface area contributed by atoms with E-state index in [1.165, 1.54) is 36.2 Å². The molecule has 0 aliphatic carbocycles. The fraction of sp³-hybridized carbons (Fsp3) is 0.350. The Labute approximate surface area is 163 Å². The number of hydrogen-bond donors (Lipinski definition) is 1. The van der Waals surface area contributed by atoms with Crippen molar-refractivity contribution >= 4 is 23.4 Å². The van der Waals surface area contributed by atoms with Gasteiger partial charge in [-0.05, 0) is 43.1 Å². The molecule has 1 heterocycles. The van der Waals surface area contributed by atoms with Crippen LogP contribution in [0.1, 0.15) is 24.0 Å². The van der Waals surface area contributed by atoms with E-state index in [1.54, 1.807) is 18.2 Å². The van der Waals surface area contributed by atoms with E-state index in [2.05, 4.69) is 16.3 Å². The Morgan fingerprint density at radius 3 is 2.48 bits per heavy atom. The number of thioether (sulfide) groups is 1. The molecule has 0 radical (unpaired) electrons. The first-order valence-electron chi connectivity index (χ1n) is 9.05. The second kappa shape index (κ2) is 9.53. The molecular formula is C20H23N3O3S. The first-order valence-corrected chi connectivity index (χ1v) is 10.0. The number of likely N-dealkylation sites (tertiary alicyclic amines) is 1. The van der Waals surface area contributed by atoms with Crippen LogP contribution < -0.4 is 5.32 Å². The molecule has 1 aliphatic heterocycles. The second-order valence-corrected chi connectivity index (χ2v) is 7.56. The van der Waals surface area contributed by atoms with Gasteiger partial charge < -0.3 is 5.32 Å². The summed E-state index contributed by atoms with van der Waals surface area (Å²) in [6.07, 6.45) is 2.50. The maximum atomic E-state index is 12.2. The predicted octanol–water partition coefficient (Wildman–Crippen LogP) is 3.60. The molecule has 0 atom stereocenters. The van der Waals surface area contributed by atoms with Gasteiger partial charge in [-0.25, -0.2) is 0 Å². The van der Waals surface area contributed by atoms with Crippen molar-refractivity contribution in [2.24, 2.45) is 0 Å². The highest BCUT2D eigenvalue weighted by Crippen LogP contribution is 2.28. The zero-order valence-electron chi connectivity index (χ0n) is 15.1. The molecule has 2 aromatic rings. The van der Waals surface area contributed by atoms with Crippen molar-refractivity contribution in [3.05, 3.63) is 69.8 Å². The molecule has 0 bridgehead atoms. The SMILES string of the molecule is O=C(CSc1ccccc1[N+](=O)[O-])NCc1ccccc1CN1CCCC1. The van der Waals surface area contributed by atoms with Gasteiger partial charge in [-0.2, -0.15) is 0 Å². The van der Waals surface area contributed by atoms with Crippen LogP contribution in [0.2, 0.25) is 0 Å². The van der Waals surface area contributed by atoms with Gasteiger partial charge in [-0.3, -0.25) is 19.8 Å². The number of carbonyl (C=O) groups is 1. The third kappa shape index (κ3) is 5.55. The molecule has 1 saturated heterocycles. The van der Waals surface area contributed by atoms with Crippen LogP contribution in [0.15, 0.2) is 53.4 Å². The summed E-state index contributed by atoms with van der Waals surface area (Å²) in [5.41, 5.74) is 2.39. The highest BCUT2D eigenvalue weighted by Gasteiger charge is 2.15. The highest BCUT2D eigenvalue weighted by molar-refractivity contribution is 8.00. The first kappa shape index (κ1) is 19.4. The van der Waals surface area contributed by atoms with Gasteiger partial charge in [0.15, 0.2) is 0 Å². The van der Waals surface area contributed by atoms with Gasteiger partial charge in [0.25, 0.3) is 5.69 Å². The topological polar surface area (TPSA) is 75.5 Å². The van der Waals surface area contributed by atoms with Crippen LogP contribution in [-0.2, 0) is 17.9 Å². The molecule has 0 unspecified atom stereocenters. The van der Waals surface area contributed by atoms with E-state index in [1.807, 2.05) is 18.2 Å². The summed E-state index contributed by atoms with van der Waals surface area (Å²) in [5.74, 6) is 0.0215. The first-order chi connectivity index (χ1) is 13.1. The Morgan fingerprint density at radius 1 is 1.07 bits per heavy atom. The standard InChI is InChI=1S/C20H23N3O3S/c24-20(15-27-19-10-4-3-9-18(19)23(25)26)21-13-16-7-1-2-8-17(16)14-22-11-5-6-12-22/h1-4,7-10H,5-6,11-15H2,(H,21,24). The normalized spacial score (nSPS) is 14.2. The molecule has 1 fully saturated rings. The van der Waals surface area contributed by atoms with Crippen molar-refractivity contribution < 1.29 is 9.72 Å². The van der Waals surface area contributed by atoms with E-state index < -0.39 is 4.92 Å². The number of para-hydroxylation sites is 1. The molecule has 0 spiro atoms. The zero-order chi connectivity index (χ0) is 19.1. The van der Waals surface area contributed by atoms with Crippen LogP contribution in [0.3, 0.4) is 0 Å². The quantitative estimate of drug-likeness (QED) is 0.427. The third-order valence-corrected chi connectivity index (χ3v) is 5.67. The molecule has 1 aliphatic rings. The number of rotatable bonds is 8. The van der Waals surface area contributed by atoms with Gasteiger partial charge in [0.05, 0.1) is 15.6 Å². The van der Waals surface area contributed by atoms with Gasteiger partial charge in [0, 0.05) is 19.2 Å². The van der Waals surface area contributed by atoms with E-state index in [0.717, 1.165) is 25.2 Å². The molecule has 142 valence electrons. The number of nitro groups is 1. The summed E-state index contributed by atoms with van der Waals surface area (Å²) in [5, 5.41) is 14.0. The smallest absolute Gasteiger partial charge is 0.282 e. The maximum Gasteiger partial charge on any atom is 0.282 e. The molecule has 6 nitrogen and oxygen atoms in total. The molecule has 27 heavy (non-hydrogen) atoms. The van der Waals surface area contributed by atoms with E-state index >= 15 is 0 Å². The van der Waals surface area contributed by atoms with Gasteiger partial charge in [-0.15, -0.1) is 11.8 Å². The van der Waals surface area contributed by atoms with Crippen molar-refractivity contribution in [2.45, 2.75) is 30.8 Å². The van der Waals surface area contributed by atoms with Crippen LogP contribution in [0.4, 0.5) is 5.69 Å². The average molecular weight is 385 g/mol. The minimum atomic E-state index is -0.422. The van der Waals surface area contributed by atoms with Gasteiger partial charge in [-0.1, -0.05) is 36.4 Å². The van der Waals surface area contributed by atoms with E-state index in [9.17, 15) is 14.9 Å². The van der Waals surface area contributed by atoms with E-state index in [-0.39, 0.29) is 17.3 Å². The number of hydrogen-bond acceptors (Lipinski definition) is 5. The Bertz CT molecular complexity index is 807. The van der Waals surface area contributed by atoms with Crippen LogP contribution in [0.5, 0.6) is 0 Å². The fourth-order valence-electron chi connectivity index (χ4n) is 3.18. The molecule has 0 saturated carbocycles. The van der Waals surface area contributed by atoms with Gasteiger partial charge in [0.2, 0.25) is 5.91 Å².